The van der Waals surface area contributed by atoms with Gasteiger partial charge in [0.05, 0.1) is 27.3 Å². The van der Waals surface area contributed by atoms with Gasteiger partial charge in [0.15, 0.2) is 0 Å². The summed E-state index contributed by atoms with van der Waals surface area (Å²) in [7, 11) is 0. The predicted octanol–water partition coefficient (Wildman–Crippen LogP) is 2.80. The first-order chi connectivity index (χ1) is 11.6. The molecule has 1 atom stereocenters. The molecule has 120 valence electrons. The van der Waals surface area contributed by atoms with Crippen molar-refractivity contribution in [1.29, 1.82) is 0 Å². The number of allylic oxidation sites excluding steroid dienone is 1. The van der Waals surface area contributed by atoms with Crippen molar-refractivity contribution in [2.45, 2.75) is 13.0 Å². The molecule has 7 nitrogen and oxygen atoms in total. The standard InChI is InChI=1S/C16H13N5O2S/c1-9-14(24-8-18-9)12-6-13(21-16(20-12)17-7-19-21)10-2-4-11(5-3-10)15(22)23/h2-8,13H,1H3,(H,22,23)(H,17,19,20)/t13-/m1/s1. The molecule has 2 aromatic heterocycles. The van der Waals surface area contributed by atoms with E-state index in [2.05, 4.69) is 26.5 Å². The van der Waals surface area contributed by atoms with E-state index >= 15 is 0 Å². The quantitative estimate of drug-likeness (QED) is 0.762. The monoisotopic (exact) mass is 339 g/mol. The normalized spacial score (nSPS) is 16.2. The lowest BCUT2D eigenvalue weighted by Gasteiger charge is -2.24. The van der Waals surface area contributed by atoms with Crippen molar-refractivity contribution in [1.82, 2.24) is 19.7 Å². The third kappa shape index (κ3) is 2.37. The maximum absolute atomic E-state index is 11.0. The Balaban J connectivity index is 1.79. The molecule has 1 aliphatic heterocycles. The Bertz CT molecular complexity index is 942. The molecule has 0 aliphatic carbocycles. The second-order valence-corrected chi connectivity index (χ2v) is 6.23. The minimum atomic E-state index is -0.940. The average molecular weight is 339 g/mol. The van der Waals surface area contributed by atoms with Gasteiger partial charge in [-0.25, -0.2) is 14.5 Å². The van der Waals surface area contributed by atoms with E-state index in [4.69, 9.17) is 5.11 Å². The minimum absolute atomic E-state index is 0.164. The fourth-order valence-corrected chi connectivity index (χ4v) is 3.47. The van der Waals surface area contributed by atoms with E-state index in [1.165, 1.54) is 6.33 Å². The minimum Gasteiger partial charge on any atom is -0.478 e. The molecule has 4 rings (SSSR count). The van der Waals surface area contributed by atoms with E-state index in [1.54, 1.807) is 40.3 Å². The molecule has 3 aromatic rings. The summed E-state index contributed by atoms with van der Waals surface area (Å²) in [6, 6.07) is 6.64. The van der Waals surface area contributed by atoms with Crippen LogP contribution in [0.2, 0.25) is 0 Å². The number of thiazole rings is 1. The molecule has 0 fully saturated rings. The number of nitrogens with zero attached hydrogens (tertiary/aromatic N) is 4. The SMILES string of the molecule is Cc1ncsc1C1=C[C@H](c2ccc(C(=O)O)cc2)n2ncnc2N1. The molecule has 0 bridgehead atoms. The lowest BCUT2D eigenvalue weighted by Crippen LogP contribution is -2.20. The number of fused-ring (bicyclic) bond motifs is 1. The van der Waals surface area contributed by atoms with Gasteiger partial charge in [-0.3, -0.25) is 0 Å². The van der Waals surface area contributed by atoms with Crippen LogP contribution in [0.3, 0.4) is 0 Å². The zero-order valence-electron chi connectivity index (χ0n) is 12.7. The lowest BCUT2D eigenvalue weighted by atomic mass is 10.0. The summed E-state index contributed by atoms with van der Waals surface area (Å²) in [5, 5.41) is 16.6. The van der Waals surface area contributed by atoms with Gasteiger partial charge in [0.1, 0.15) is 12.4 Å². The highest BCUT2D eigenvalue weighted by Crippen LogP contribution is 2.34. The van der Waals surface area contributed by atoms with E-state index < -0.39 is 5.97 Å². The Hall–Kier alpha value is -3.00. The number of nitrogens with one attached hydrogen (secondary N) is 1. The molecule has 0 unspecified atom stereocenters. The number of aromatic carboxylic acids is 1. The van der Waals surface area contributed by atoms with Crippen molar-refractivity contribution in [3.63, 3.8) is 0 Å². The van der Waals surface area contributed by atoms with Gasteiger partial charge in [-0.15, -0.1) is 11.3 Å². The first-order valence-corrected chi connectivity index (χ1v) is 8.13. The molecule has 0 saturated heterocycles. The van der Waals surface area contributed by atoms with Crippen LogP contribution in [-0.4, -0.2) is 30.8 Å². The second kappa shape index (κ2) is 5.57. The van der Waals surface area contributed by atoms with Crippen LogP contribution in [0, 0.1) is 6.92 Å². The molecule has 0 saturated carbocycles. The van der Waals surface area contributed by atoms with Crippen molar-refractivity contribution in [3.05, 3.63) is 63.9 Å². The summed E-state index contributed by atoms with van der Waals surface area (Å²) in [6.07, 6.45) is 3.55. The third-order valence-corrected chi connectivity index (χ3v) is 4.86. The van der Waals surface area contributed by atoms with Crippen LogP contribution in [-0.2, 0) is 0 Å². The Morgan fingerprint density at radius 3 is 2.75 bits per heavy atom. The third-order valence-electron chi connectivity index (χ3n) is 3.90. The molecule has 2 N–H and O–H groups in total. The van der Waals surface area contributed by atoms with Crippen LogP contribution in [0.15, 0.2) is 42.2 Å². The average Bonchev–Trinajstić information content (AvgIpc) is 3.22. The first kappa shape index (κ1) is 14.6. The fraction of sp³-hybridized carbons (Fsp3) is 0.125. The number of aryl methyl sites for hydroxylation is 1. The van der Waals surface area contributed by atoms with Crippen LogP contribution in [0.25, 0.3) is 5.70 Å². The Morgan fingerprint density at radius 2 is 2.08 bits per heavy atom. The zero-order valence-corrected chi connectivity index (χ0v) is 13.5. The van der Waals surface area contributed by atoms with Gasteiger partial charge in [0, 0.05) is 0 Å². The number of hydrogen-bond donors (Lipinski definition) is 2. The van der Waals surface area contributed by atoms with Crippen molar-refractivity contribution >= 4 is 29.0 Å². The number of carbonyl (C=O) groups is 1. The second-order valence-electron chi connectivity index (χ2n) is 5.37. The van der Waals surface area contributed by atoms with Crippen LogP contribution in [0.5, 0.6) is 0 Å². The van der Waals surface area contributed by atoms with E-state index in [0.717, 1.165) is 21.8 Å². The Labute approximate surface area is 141 Å². The number of carboxylic acid groups (broad SMARTS) is 1. The lowest BCUT2D eigenvalue weighted by molar-refractivity contribution is 0.0697. The first-order valence-electron chi connectivity index (χ1n) is 7.25. The van der Waals surface area contributed by atoms with Gasteiger partial charge in [0.25, 0.3) is 0 Å². The summed E-state index contributed by atoms with van der Waals surface area (Å²) in [6.45, 7) is 1.96. The van der Waals surface area contributed by atoms with Crippen molar-refractivity contribution in [2.75, 3.05) is 5.32 Å². The topological polar surface area (TPSA) is 92.9 Å². The highest BCUT2D eigenvalue weighted by Gasteiger charge is 2.24. The number of hydrogen-bond acceptors (Lipinski definition) is 6. The van der Waals surface area contributed by atoms with Crippen LogP contribution >= 0.6 is 11.3 Å². The number of aromatic nitrogens is 4. The molecule has 0 spiro atoms. The van der Waals surface area contributed by atoms with Crippen LogP contribution < -0.4 is 5.32 Å². The summed E-state index contributed by atoms with van der Waals surface area (Å²) < 4.78 is 1.77. The highest BCUT2D eigenvalue weighted by atomic mass is 32.1. The largest absolute Gasteiger partial charge is 0.478 e. The molecule has 3 heterocycles. The van der Waals surface area contributed by atoms with Crippen LogP contribution in [0.1, 0.15) is 32.5 Å². The molecule has 8 heteroatoms. The number of rotatable bonds is 3. The molecular weight excluding hydrogens is 326 g/mol. The number of benzene rings is 1. The zero-order chi connectivity index (χ0) is 16.7. The number of carboxylic acids is 1. The van der Waals surface area contributed by atoms with Gasteiger partial charge < -0.3 is 10.4 Å². The van der Waals surface area contributed by atoms with Gasteiger partial charge >= 0.3 is 5.97 Å². The van der Waals surface area contributed by atoms with Gasteiger partial charge in [-0.1, -0.05) is 12.1 Å². The molecule has 24 heavy (non-hydrogen) atoms. The van der Waals surface area contributed by atoms with E-state index in [9.17, 15) is 4.79 Å². The van der Waals surface area contributed by atoms with E-state index in [1.807, 2.05) is 12.4 Å². The maximum atomic E-state index is 11.0. The van der Waals surface area contributed by atoms with Crippen molar-refractivity contribution in [3.8, 4) is 0 Å². The van der Waals surface area contributed by atoms with Gasteiger partial charge in [-0.05, 0) is 30.7 Å². The van der Waals surface area contributed by atoms with E-state index in [0.29, 0.717) is 5.95 Å². The number of anilines is 1. The predicted molar refractivity (Wildman–Crippen MR) is 90.0 cm³/mol. The summed E-state index contributed by atoms with van der Waals surface area (Å²) >= 11 is 1.56. The summed E-state index contributed by atoms with van der Waals surface area (Å²) in [5.41, 5.74) is 4.89. The van der Waals surface area contributed by atoms with Crippen molar-refractivity contribution in [2.24, 2.45) is 0 Å². The van der Waals surface area contributed by atoms with Gasteiger partial charge in [-0.2, -0.15) is 10.1 Å². The van der Waals surface area contributed by atoms with Gasteiger partial charge in [0.2, 0.25) is 5.95 Å². The smallest absolute Gasteiger partial charge is 0.335 e. The molecule has 0 radical (unpaired) electrons. The summed E-state index contributed by atoms with van der Waals surface area (Å²) in [5.74, 6) is -0.294. The van der Waals surface area contributed by atoms with Crippen LogP contribution in [0.4, 0.5) is 5.95 Å². The van der Waals surface area contributed by atoms with Crippen molar-refractivity contribution < 1.29 is 9.90 Å². The Kier molecular flexibility index (Phi) is 3.39. The Morgan fingerprint density at radius 1 is 1.29 bits per heavy atom. The molecule has 1 aliphatic rings. The molecular formula is C16H13N5O2S. The maximum Gasteiger partial charge on any atom is 0.335 e. The molecule has 1 aromatic carbocycles. The van der Waals surface area contributed by atoms with E-state index in [-0.39, 0.29) is 11.6 Å². The highest BCUT2D eigenvalue weighted by molar-refractivity contribution is 7.11. The fourth-order valence-electron chi connectivity index (χ4n) is 2.69. The molecule has 0 amide bonds. The summed E-state index contributed by atoms with van der Waals surface area (Å²) in [4.78, 5) is 20.6.